The second-order valence-corrected chi connectivity index (χ2v) is 15.4. The van der Waals surface area contributed by atoms with Crippen LogP contribution in [0, 0.1) is 0 Å². The molecular weight excluding hydrogens is 798 g/mol. The molecule has 2 amide bonds. The van der Waals surface area contributed by atoms with E-state index in [1.165, 1.54) is 34.1 Å². The minimum absolute atomic E-state index is 0.0389. The Hall–Kier alpha value is -5.36. The third-order valence-corrected chi connectivity index (χ3v) is 11.1. The molecule has 0 aliphatic carbocycles. The van der Waals surface area contributed by atoms with Crippen molar-refractivity contribution >= 4 is 46.2 Å². The molecule has 6 heterocycles. The van der Waals surface area contributed by atoms with Crippen LogP contribution in [0.3, 0.4) is 0 Å². The summed E-state index contributed by atoms with van der Waals surface area (Å²) in [4.78, 5) is 66.1. The number of alkyl halides is 6. The SMILES string of the molecule is C[C@@H]1Cc2c(cccc2C(F)(F)F)N1C(=O)CC1=NC(N2CCOCC2)=CC(=O)C1.C[C@H]1Cc2c(cccc2C(F)(F)F)N1C(=O)CC1=NC(N2CCOCC2)=CC(=O)C1. The van der Waals surface area contributed by atoms with Gasteiger partial charge in [-0.05, 0) is 62.1 Å². The maximum atomic E-state index is 13.4. The molecule has 0 bridgehead atoms. The van der Waals surface area contributed by atoms with Gasteiger partial charge >= 0.3 is 12.4 Å². The molecule has 8 rings (SSSR count). The fourth-order valence-corrected chi connectivity index (χ4v) is 8.46. The van der Waals surface area contributed by atoms with Crippen LogP contribution in [0.1, 0.15) is 61.8 Å². The van der Waals surface area contributed by atoms with Crippen LogP contribution in [0.15, 0.2) is 70.2 Å². The number of anilines is 2. The number of morpholine rings is 2. The summed E-state index contributed by atoms with van der Waals surface area (Å²) in [5, 5.41) is 0. The number of fused-ring (bicyclic) bond motifs is 2. The van der Waals surface area contributed by atoms with Crippen molar-refractivity contribution < 1.29 is 55.0 Å². The van der Waals surface area contributed by atoms with Gasteiger partial charge in [-0.3, -0.25) is 19.2 Å². The van der Waals surface area contributed by atoms with Gasteiger partial charge in [-0.25, -0.2) is 9.98 Å². The minimum atomic E-state index is -4.47. The molecule has 0 radical (unpaired) electrons. The van der Waals surface area contributed by atoms with E-state index in [9.17, 15) is 45.5 Å². The van der Waals surface area contributed by atoms with Crippen LogP contribution >= 0.6 is 0 Å². The van der Waals surface area contributed by atoms with Crippen molar-refractivity contribution in [2.45, 2.75) is 76.8 Å². The minimum Gasteiger partial charge on any atom is -0.378 e. The van der Waals surface area contributed by atoms with Gasteiger partial charge in [0.15, 0.2) is 11.6 Å². The lowest BCUT2D eigenvalue weighted by Crippen LogP contribution is -2.38. The average molecular weight is 843 g/mol. The van der Waals surface area contributed by atoms with E-state index in [-0.39, 0.29) is 84.4 Å². The molecule has 18 heteroatoms. The predicted molar refractivity (Wildman–Crippen MR) is 208 cm³/mol. The van der Waals surface area contributed by atoms with Crippen molar-refractivity contribution in [3.63, 3.8) is 0 Å². The lowest BCUT2D eigenvalue weighted by molar-refractivity contribution is -0.138. The van der Waals surface area contributed by atoms with Gasteiger partial charge in [0.1, 0.15) is 11.6 Å². The number of ketones is 2. The zero-order valence-corrected chi connectivity index (χ0v) is 33.1. The van der Waals surface area contributed by atoms with Crippen molar-refractivity contribution in [2.75, 3.05) is 62.4 Å². The first-order valence-corrected chi connectivity index (χ1v) is 19.8. The summed E-state index contributed by atoms with van der Waals surface area (Å²) in [7, 11) is 0. The van der Waals surface area contributed by atoms with Crippen molar-refractivity contribution in [1.82, 2.24) is 9.80 Å². The lowest BCUT2D eigenvalue weighted by atomic mass is 10.0. The Bertz CT molecular complexity index is 2020. The number of carbonyl (C=O) groups excluding carboxylic acids is 4. The highest BCUT2D eigenvalue weighted by Gasteiger charge is 2.42. The fourth-order valence-electron chi connectivity index (χ4n) is 8.46. The van der Waals surface area contributed by atoms with E-state index >= 15 is 0 Å². The smallest absolute Gasteiger partial charge is 0.378 e. The van der Waals surface area contributed by atoms with Crippen LogP contribution in [0.25, 0.3) is 0 Å². The van der Waals surface area contributed by atoms with Gasteiger partial charge in [0.05, 0.1) is 50.4 Å². The van der Waals surface area contributed by atoms with E-state index in [1.54, 1.807) is 26.0 Å². The largest absolute Gasteiger partial charge is 0.416 e. The number of amides is 2. The number of benzene rings is 2. The molecule has 0 saturated carbocycles. The van der Waals surface area contributed by atoms with Crippen LogP contribution in [-0.4, -0.2) is 109 Å². The topological polar surface area (TPSA) is 124 Å². The molecule has 60 heavy (non-hydrogen) atoms. The number of halogens is 6. The second kappa shape index (κ2) is 17.3. The van der Waals surface area contributed by atoms with Crippen LogP contribution < -0.4 is 9.80 Å². The molecule has 0 spiro atoms. The Morgan fingerprint density at radius 2 is 1.00 bits per heavy atom. The van der Waals surface area contributed by atoms with Gasteiger partial charge < -0.3 is 29.1 Å². The third kappa shape index (κ3) is 9.33. The van der Waals surface area contributed by atoms with Crippen molar-refractivity contribution in [1.29, 1.82) is 0 Å². The maximum Gasteiger partial charge on any atom is 0.416 e. The van der Waals surface area contributed by atoms with Crippen LogP contribution in [-0.2, 0) is 53.8 Å². The number of hydrogen-bond donors (Lipinski definition) is 0. The Labute approximate surface area is 342 Å². The van der Waals surface area contributed by atoms with E-state index in [2.05, 4.69) is 9.98 Å². The first kappa shape index (κ1) is 42.8. The Morgan fingerprint density at radius 3 is 1.35 bits per heavy atom. The molecule has 2 fully saturated rings. The lowest BCUT2D eigenvalue weighted by Gasteiger charge is -2.30. The van der Waals surface area contributed by atoms with Crippen LogP contribution in [0.2, 0.25) is 0 Å². The number of carbonyl (C=O) groups is 4. The van der Waals surface area contributed by atoms with Crippen molar-refractivity contribution in [3.8, 4) is 0 Å². The molecule has 0 N–H and O–H groups in total. The summed E-state index contributed by atoms with van der Waals surface area (Å²) < 4.78 is 90.7. The third-order valence-electron chi connectivity index (χ3n) is 11.1. The highest BCUT2D eigenvalue weighted by atomic mass is 19.4. The number of allylic oxidation sites excluding steroid dienone is 2. The number of aliphatic imine (C=N–C) groups is 2. The monoisotopic (exact) mass is 842 g/mol. The first-order chi connectivity index (χ1) is 28.5. The van der Waals surface area contributed by atoms with E-state index in [4.69, 9.17) is 9.47 Å². The first-order valence-electron chi connectivity index (χ1n) is 19.8. The average Bonchev–Trinajstić information content (AvgIpc) is 3.72. The molecule has 12 nitrogen and oxygen atoms in total. The molecule has 2 aromatic carbocycles. The van der Waals surface area contributed by atoms with E-state index in [1.807, 2.05) is 9.80 Å². The Morgan fingerprint density at radius 1 is 0.633 bits per heavy atom. The summed E-state index contributed by atoms with van der Waals surface area (Å²) in [6.07, 6.45) is -5.84. The summed E-state index contributed by atoms with van der Waals surface area (Å²) in [5.41, 5.74) is 0.309. The van der Waals surface area contributed by atoms with Gasteiger partial charge in [-0.1, -0.05) is 12.1 Å². The van der Waals surface area contributed by atoms with Crippen molar-refractivity contribution in [3.05, 3.63) is 82.4 Å². The molecule has 6 aliphatic rings. The maximum absolute atomic E-state index is 13.4. The standard InChI is InChI=1S/2C21H22F3N3O3/c2*1-13-9-16-17(21(22,23)24)3-2-4-18(16)27(13)20(29)11-14-10-15(28)12-19(25-14)26-5-7-30-8-6-26/h2*2-4,12-13H,5-11H2,1H3/t2*13-/m10/s1. The molecular formula is C42H44F6N6O6. The fraction of sp³-hybridized carbons (Fsp3) is 0.476. The summed E-state index contributed by atoms with van der Waals surface area (Å²) in [6.45, 7) is 8.06. The zero-order valence-electron chi connectivity index (χ0n) is 33.1. The predicted octanol–water partition coefficient (Wildman–Crippen LogP) is 5.92. The van der Waals surface area contributed by atoms with Gasteiger partial charge in [0, 0.05) is 86.1 Å². The molecule has 6 aliphatic heterocycles. The van der Waals surface area contributed by atoms with Crippen molar-refractivity contribution in [2.24, 2.45) is 9.98 Å². The number of rotatable bonds is 6. The summed E-state index contributed by atoms with van der Waals surface area (Å²) >= 11 is 0. The Kier molecular flexibility index (Phi) is 12.3. The molecule has 2 aromatic rings. The van der Waals surface area contributed by atoms with Crippen LogP contribution in [0.5, 0.6) is 0 Å². The summed E-state index contributed by atoms with van der Waals surface area (Å²) in [5.74, 6) is 0.0656. The summed E-state index contributed by atoms with van der Waals surface area (Å²) in [6, 6.07) is 7.01. The van der Waals surface area contributed by atoms with E-state index < -0.39 is 35.6 Å². The number of hydrogen-bond acceptors (Lipinski definition) is 10. The van der Waals surface area contributed by atoms with Gasteiger partial charge in [0.25, 0.3) is 0 Å². The highest BCUT2D eigenvalue weighted by Crippen LogP contribution is 2.43. The Balaban J connectivity index is 0.000000181. The normalized spacial score (nSPS) is 22.0. The molecule has 0 unspecified atom stereocenters. The quantitative estimate of drug-likeness (QED) is 0.329. The molecule has 0 aromatic heterocycles. The highest BCUT2D eigenvalue weighted by molar-refractivity contribution is 6.18. The number of ether oxygens (including phenoxy) is 2. The molecule has 2 saturated heterocycles. The molecule has 2 atom stereocenters. The van der Waals surface area contributed by atoms with Crippen LogP contribution in [0.4, 0.5) is 37.7 Å². The van der Waals surface area contributed by atoms with Gasteiger partial charge in [-0.2, -0.15) is 26.3 Å². The van der Waals surface area contributed by atoms with Gasteiger partial charge in [0.2, 0.25) is 11.8 Å². The van der Waals surface area contributed by atoms with E-state index in [0.29, 0.717) is 75.7 Å². The van der Waals surface area contributed by atoms with Gasteiger partial charge in [-0.15, -0.1) is 0 Å². The second-order valence-electron chi connectivity index (χ2n) is 15.4. The molecule has 320 valence electrons. The van der Waals surface area contributed by atoms with E-state index in [0.717, 1.165) is 12.1 Å². The zero-order chi connectivity index (χ0) is 42.9. The number of nitrogens with zero attached hydrogens (tertiary/aromatic N) is 6.